The van der Waals surface area contributed by atoms with E-state index < -0.39 is 40.3 Å². The van der Waals surface area contributed by atoms with Crippen molar-refractivity contribution in [2.24, 2.45) is 13.0 Å². The fraction of sp³-hybridized carbons (Fsp3) is 0.556. The van der Waals surface area contributed by atoms with Gasteiger partial charge in [-0.25, -0.2) is 4.79 Å². The van der Waals surface area contributed by atoms with Crippen LogP contribution in [0.1, 0.15) is 112 Å². The molecule has 2 aliphatic carbocycles. The molecule has 2 amide bonds. The van der Waals surface area contributed by atoms with E-state index in [0.717, 1.165) is 55.2 Å². The molecule has 1 aliphatic heterocycles. The summed E-state index contributed by atoms with van der Waals surface area (Å²) in [6.45, 7) is 11.6. The van der Waals surface area contributed by atoms with Crippen LogP contribution in [0, 0.1) is 5.92 Å². The highest BCUT2D eigenvalue weighted by Gasteiger charge is 2.49. The summed E-state index contributed by atoms with van der Waals surface area (Å²) in [5.41, 5.74) is -0.224. The molecule has 3 aromatic rings. The number of aromatic nitrogens is 3. The lowest BCUT2D eigenvalue weighted by atomic mass is 9.58. The van der Waals surface area contributed by atoms with Gasteiger partial charge in [0.15, 0.2) is 0 Å². The summed E-state index contributed by atoms with van der Waals surface area (Å²) in [5.74, 6) is 0.751. The number of rotatable bonds is 8. The second-order valence-electron chi connectivity index (χ2n) is 15.1. The SMILES string of the molecule is CCNc1cc(N2Cc3c(cc(CN(C(=O)OC(C)(C)C)C4(C)CCC4)cc3C(F)(F)F)C2=O)cc(C2(c3nncn3C)CC(C)C2)c1. The Hall–Kier alpha value is -4.09. The summed E-state index contributed by atoms with van der Waals surface area (Å²) in [6.07, 6.45) is 0.384. The van der Waals surface area contributed by atoms with Gasteiger partial charge in [-0.1, -0.05) is 6.92 Å². The van der Waals surface area contributed by atoms with Crippen LogP contribution >= 0.6 is 0 Å². The van der Waals surface area contributed by atoms with Crippen LogP contribution in [0.25, 0.3) is 0 Å². The zero-order chi connectivity index (χ0) is 34.8. The zero-order valence-electron chi connectivity index (χ0n) is 28.8. The average molecular weight is 667 g/mol. The molecule has 0 atom stereocenters. The van der Waals surface area contributed by atoms with E-state index in [2.05, 4.69) is 22.4 Å². The zero-order valence-corrected chi connectivity index (χ0v) is 28.8. The van der Waals surface area contributed by atoms with Gasteiger partial charge in [-0.05, 0) is 120 Å². The Morgan fingerprint density at radius 1 is 1.12 bits per heavy atom. The number of halogens is 3. The van der Waals surface area contributed by atoms with Crippen molar-refractivity contribution in [2.75, 3.05) is 16.8 Å². The number of anilines is 2. The first-order valence-corrected chi connectivity index (χ1v) is 16.7. The number of nitrogens with zero attached hydrogens (tertiary/aromatic N) is 5. The van der Waals surface area contributed by atoms with Crippen molar-refractivity contribution in [3.8, 4) is 0 Å². The molecule has 0 saturated heterocycles. The molecule has 2 heterocycles. The molecule has 6 rings (SSSR count). The van der Waals surface area contributed by atoms with E-state index in [9.17, 15) is 22.8 Å². The first kappa shape index (κ1) is 33.8. The minimum atomic E-state index is -4.71. The van der Waals surface area contributed by atoms with Gasteiger partial charge in [0.1, 0.15) is 17.8 Å². The van der Waals surface area contributed by atoms with Crippen LogP contribution in [0.15, 0.2) is 36.7 Å². The highest BCUT2D eigenvalue weighted by atomic mass is 19.4. The lowest BCUT2D eigenvalue weighted by Crippen LogP contribution is -2.54. The Kier molecular flexibility index (Phi) is 8.31. The number of hydrogen-bond acceptors (Lipinski definition) is 6. The number of ether oxygens (including phenoxy) is 1. The van der Waals surface area contributed by atoms with E-state index in [-0.39, 0.29) is 29.8 Å². The molecule has 0 radical (unpaired) electrons. The maximum Gasteiger partial charge on any atom is 0.416 e. The second-order valence-corrected chi connectivity index (χ2v) is 15.1. The number of carbonyl (C=O) groups is 2. The van der Waals surface area contributed by atoms with Crippen LogP contribution in [0.2, 0.25) is 0 Å². The van der Waals surface area contributed by atoms with Crippen LogP contribution < -0.4 is 10.2 Å². The van der Waals surface area contributed by atoms with E-state index in [0.29, 0.717) is 18.2 Å². The maximum atomic E-state index is 14.7. The summed E-state index contributed by atoms with van der Waals surface area (Å²) in [4.78, 5) is 30.5. The monoisotopic (exact) mass is 666 g/mol. The van der Waals surface area contributed by atoms with Crippen molar-refractivity contribution in [3.05, 3.63) is 70.3 Å². The summed E-state index contributed by atoms with van der Waals surface area (Å²) in [5, 5.41) is 11.9. The van der Waals surface area contributed by atoms with Crippen molar-refractivity contribution in [2.45, 2.75) is 109 Å². The topological polar surface area (TPSA) is 92.6 Å². The number of nitrogens with one attached hydrogen (secondary N) is 1. The van der Waals surface area contributed by atoms with Gasteiger partial charge in [-0.15, -0.1) is 10.2 Å². The predicted molar refractivity (Wildman–Crippen MR) is 177 cm³/mol. The lowest BCUT2D eigenvalue weighted by Gasteiger charge is -2.47. The molecule has 0 spiro atoms. The molecule has 48 heavy (non-hydrogen) atoms. The normalized spacial score (nSPS) is 21.8. The van der Waals surface area contributed by atoms with Crippen molar-refractivity contribution in [1.82, 2.24) is 19.7 Å². The molecule has 2 saturated carbocycles. The standard InChI is InChI=1S/C36H45F3N6O3/c1-8-40-25-14-24(35(17-22(2)18-35)31-42-41-21-43(31)7)15-26(16-25)44-20-28-27(30(44)46)12-23(13-29(28)36(37,38)39)19-45(34(6)10-9-11-34)32(47)48-33(3,4)5/h12-16,21-22,40H,8-11,17-20H2,1-7H3. The second kappa shape index (κ2) is 11.8. The van der Waals surface area contributed by atoms with E-state index in [1.807, 2.05) is 43.7 Å². The van der Waals surface area contributed by atoms with Crippen molar-refractivity contribution < 1.29 is 27.5 Å². The van der Waals surface area contributed by atoms with E-state index >= 15 is 0 Å². The van der Waals surface area contributed by atoms with Gasteiger partial charge in [0.25, 0.3) is 5.91 Å². The minimum absolute atomic E-state index is 0.00147. The molecule has 0 unspecified atom stereocenters. The van der Waals surface area contributed by atoms with Crippen LogP contribution in [-0.2, 0) is 36.5 Å². The summed E-state index contributed by atoms with van der Waals surface area (Å²) in [7, 11) is 1.90. The van der Waals surface area contributed by atoms with Crippen molar-refractivity contribution in [1.29, 1.82) is 0 Å². The number of benzene rings is 2. The Balaban J connectivity index is 1.40. The third-order valence-corrected chi connectivity index (χ3v) is 10.1. The first-order valence-electron chi connectivity index (χ1n) is 16.7. The summed E-state index contributed by atoms with van der Waals surface area (Å²) in [6, 6.07) is 8.40. The summed E-state index contributed by atoms with van der Waals surface area (Å²) < 4.78 is 51.7. The highest BCUT2D eigenvalue weighted by Crippen LogP contribution is 2.53. The van der Waals surface area contributed by atoms with Crippen molar-refractivity contribution >= 4 is 23.4 Å². The Bertz CT molecular complexity index is 1730. The molecule has 9 nitrogen and oxygen atoms in total. The largest absolute Gasteiger partial charge is 0.444 e. The maximum absolute atomic E-state index is 14.7. The Morgan fingerprint density at radius 3 is 2.38 bits per heavy atom. The average Bonchev–Trinajstić information content (AvgIpc) is 3.53. The van der Waals surface area contributed by atoms with Crippen LogP contribution in [0.4, 0.5) is 29.3 Å². The fourth-order valence-electron chi connectivity index (χ4n) is 7.70. The Morgan fingerprint density at radius 2 is 1.83 bits per heavy atom. The molecule has 258 valence electrons. The number of aryl methyl sites for hydroxylation is 1. The number of hydrogen-bond donors (Lipinski definition) is 1. The van der Waals surface area contributed by atoms with E-state index in [1.165, 1.54) is 15.9 Å². The van der Waals surface area contributed by atoms with Crippen molar-refractivity contribution in [3.63, 3.8) is 0 Å². The van der Waals surface area contributed by atoms with Crippen LogP contribution in [0.3, 0.4) is 0 Å². The molecular weight excluding hydrogens is 621 g/mol. The van der Waals surface area contributed by atoms with E-state index in [1.54, 1.807) is 27.1 Å². The van der Waals surface area contributed by atoms with Gasteiger partial charge < -0.3 is 19.5 Å². The van der Waals surface area contributed by atoms with Gasteiger partial charge in [-0.2, -0.15) is 13.2 Å². The number of fused-ring (bicyclic) bond motifs is 1. The van der Waals surface area contributed by atoms with Gasteiger partial charge in [-0.3, -0.25) is 9.69 Å². The van der Waals surface area contributed by atoms with E-state index in [4.69, 9.17) is 4.74 Å². The highest BCUT2D eigenvalue weighted by molar-refractivity contribution is 6.10. The third kappa shape index (κ3) is 6.02. The summed E-state index contributed by atoms with van der Waals surface area (Å²) >= 11 is 0. The smallest absolute Gasteiger partial charge is 0.416 e. The van der Waals surface area contributed by atoms with Gasteiger partial charge >= 0.3 is 12.3 Å². The van der Waals surface area contributed by atoms with Gasteiger partial charge in [0, 0.05) is 42.6 Å². The molecular formula is C36H45F3N6O3. The van der Waals surface area contributed by atoms with Gasteiger partial charge in [0.05, 0.1) is 17.5 Å². The fourth-order valence-corrected chi connectivity index (χ4v) is 7.70. The molecule has 2 aromatic carbocycles. The predicted octanol–water partition coefficient (Wildman–Crippen LogP) is 7.82. The van der Waals surface area contributed by atoms with Gasteiger partial charge in [0.2, 0.25) is 0 Å². The molecule has 3 aliphatic rings. The number of amides is 2. The molecule has 0 bridgehead atoms. The molecule has 12 heteroatoms. The Labute approximate surface area is 279 Å². The quantitative estimate of drug-likeness (QED) is 0.264. The number of alkyl halides is 3. The minimum Gasteiger partial charge on any atom is -0.444 e. The lowest BCUT2D eigenvalue weighted by molar-refractivity contribution is -0.138. The number of carbonyl (C=O) groups excluding carboxylic acids is 2. The molecule has 1 aromatic heterocycles. The van der Waals surface area contributed by atoms with Crippen LogP contribution in [-0.4, -0.2) is 49.3 Å². The molecule has 2 fully saturated rings. The van der Waals surface area contributed by atoms with Crippen LogP contribution in [0.5, 0.6) is 0 Å². The molecule has 1 N–H and O–H groups in total. The third-order valence-electron chi connectivity index (χ3n) is 10.1. The first-order chi connectivity index (χ1) is 22.4.